The van der Waals surface area contributed by atoms with E-state index in [-0.39, 0.29) is 0 Å². The van der Waals surface area contributed by atoms with Crippen molar-refractivity contribution in [2.24, 2.45) is 29.6 Å². The highest BCUT2D eigenvalue weighted by atomic mass is 16.5. The largest absolute Gasteiger partial charge is 0.396 e. The molecular formula is C33H74N4O2. The smallest absolute Gasteiger partial charge is 0.0645 e. The van der Waals surface area contributed by atoms with Crippen molar-refractivity contribution in [2.75, 3.05) is 72.2 Å². The molecule has 0 radical (unpaired) electrons. The van der Waals surface area contributed by atoms with Gasteiger partial charge in [-0.05, 0) is 81.5 Å². The molecule has 6 nitrogen and oxygen atoms in total. The van der Waals surface area contributed by atoms with Crippen molar-refractivity contribution in [2.45, 2.75) is 114 Å². The Hall–Kier alpha value is -0.240. The molecular weight excluding hydrogens is 484 g/mol. The Kier molecular flexibility index (Phi) is 30.7. The van der Waals surface area contributed by atoms with E-state index in [1.807, 2.05) is 0 Å². The average Bonchev–Trinajstić information content (AvgIpc) is 2.86. The number of hydrogen-bond acceptors (Lipinski definition) is 6. The second-order valence-electron chi connectivity index (χ2n) is 13.4. The normalized spacial score (nSPS) is 20.8. The number of aliphatic hydroxyl groups excluding tert-OH is 1. The Bertz CT molecular complexity index is 419. The molecule has 4 aliphatic heterocycles. The average molecular weight is 559 g/mol. The molecule has 4 N–H and O–H groups in total. The molecule has 4 rings (SSSR count). The maximum absolute atomic E-state index is 9.06. The standard InChI is InChI=1S/C9H19NO.C7H14N2O.C5H11N.3C4H10/c1-2-8(7-11)9-3-5-10-6-4-9;1-3-9(4-2-8-1)7-5-10-6-7;1-2-4-6-5-3-1;3*1-4(2)3/h8-11H,2-7H2,1H3;7-8H,1-6H2;6H,1-5H2;3*4H,1-3H3. The first kappa shape index (κ1) is 40.9. The lowest BCUT2D eigenvalue weighted by molar-refractivity contribution is -0.0677. The number of rotatable bonds is 4. The van der Waals surface area contributed by atoms with Crippen molar-refractivity contribution in [1.29, 1.82) is 0 Å². The zero-order valence-corrected chi connectivity index (χ0v) is 28.3. The highest BCUT2D eigenvalue weighted by molar-refractivity contribution is 4.80. The molecule has 0 aliphatic carbocycles. The summed E-state index contributed by atoms with van der Waals surface area (Å²) in [7, 11) is 0. The molecule has 1 unspecified atom stereocenters. The number of piperazine rings is 1. The first-order chi connectivity index (χ1) is 18.5. The maximum atomic E-state index is 9.06. The van der Waals surface area contributed by atoms with Crippen LogP contribution in [0.3, 0.4) is 0 Å². The molecule has 39 heavy (non-hydrogen) atoms. The van der Waals surface area contributed by atoms with Crippen LogP contribution >= 0.6 is 0 Å². The van der Waals surface area contributed by atoms with Gasteiger partial charge in [-0.3, -0.25) is 4.90 Å². The summed E-state index contributed by atoms with van der Waals surface area (Å²) in [6.07, 6.45) is 7.84. The number of ether oxygens (including phenoxy) is 1. The summed E-state index contributed by atoms with van der Waals surface area (Å²) >= 11 is 0. The Morgan fingerprint density at radius 1 is 0.667 bits per heavy atom. The van der Waals surface area contributed by atoms with Gasteiger partial charge >= 0.3 is 0 Å². The van der Waals surface area contributed by atoms with Crippen LogP contribution in [0.4, 0.5) is 0 Å². The van der Waals surface area contributed by atoms with Crippen molar-refractivity contribution in [3.63, 3.8) is 0 Å². The van der Waals surface area contributed by atoms with Crippen molar-refractivity contribution < 1.29 is 9.84 Å². The minimum absolute atomic E-state index is 0.376. The molecule has 0 saturated carbocycles. The molecule has 238 valence electrons. The molecule has 0 amide bonds. The zero-order valence-electron chi connectivity index (χ0n) is 28.3. The van der Waals surface area contributed by atoms with Crippen LogP contribution in [0.25, 0.3) is 0 Å². The Morgan fingerprint density at radius 2 is 1.08 bits per heavy atom. The summed E-state index contributed by atoms with van der Waals surface area (Å²) in [6, 6.07) is 0.738. The summed E-state index contributed by atoms with van der Waals surface area (Å²) in [6.45, 7) is 33.4. The fourth-order valence-corrected chi connectivity index (χ4v) is 4.21. The van der Waals surface area contributed by atoms with Crippen molar-refractivity contribution in [3.8, 4) is 0 Å². The number of nitrogens with zero attached hydrogens (tertiary/aromatic N) is 1. The first-order valence-corrected chi connectivity index (χ1v) is 16.6. The number of piperidine rings is 2. The maximum Gasteiger partial charge on any atom is 0.0645 e. The molecule has 0 bridgehead atoms. The van der Waals surface area contributed by atoms with E-state index in [4.69, 9.17) is 9.84 Å². The van der Waals surface area contributed by atoms with E-state index in [9.17, 15) is 0 Å². The van der Waals surface area contributed by atoms with Crippen molar-refractivity contribution >= 4 is 0 Å². The predicted molar refractivity (Wildman–Crippen MR) is 174 cm³/mol. The van der Waals surface area contributed by atoms with Crippen LogP contribution in [0.2, 0.25) is 0 Å². The summed E-state index contributed by atoms with van der Waals surface area (Å²) in [4.78, 5) is 2.51. The van der Waals surface area contributed by atoms with Gasteiger partial charge in [0.2, 0.25) is 0 Å². The van der Waals surface area contributed by atoms with Crippen LogP contribution in [-0.4, -0.2) is 88.2 Å². The van der Waals surface area contributed by atoms with E-state index in [1.165, 1.54) is 58.3 Å². The number of hydrogen-bond donors (Lipinski definition) is 4. The highest BCUT2D eigenvalue weighted by Crippen LogP contribution is 2.23. The lowest BCUT2D eigenvalue weighted by atomic mass is 9.84. The van der Waals surface area contributed by atoms with E-state index < -0.39 is 0 Å². The quantitative estimate of drug-likeness (QED) is 0.337. The molecule has 0 spiro atoms. The van der Waals surface area contributed by atoms with Gasteiger partial charge in [0.15, 0.2) is 0 Å². The second kappa shape index (κ2) is 29.3. The summed E-state index contributed by atoms with van der Waals surface area (Å²) in [5.41, 5.74) is 0. The van der Waals surface area contributed by atoms with E-state index in [1.54, 1.807) is 0 Å². The van der Waals surface area contributed by atoms with Gasteiger partial charge in [-0.1, -0.05) is 82.1 Å². The minimum Gasteiger partial charge on any atom is -0.396 e. The van der Waals surface area contributed by atoms with Gasteiger partial charge in [0.05, 0.1) is 19.3 Å². The molecule has 4 heterocycles. The topological polar surface area (TPSA) is 68.8 Å². The third-order valence-electron chi connectivity index (χ3n) is 6.30. The fourth-order valence-electron chi connectivity index (χ4n) is 4.21. The van der Waals surface area contributed by atoms with E-state index in [0.29, 0.717) is 12.5 Å². The minimum atomic E-state index is 0.376. The molecule has 1 atom stereocenters. The molecule has 4 aliphatic rings. The predicted octanol–water partition coefficient (Wildman–Crippen LogP) is 6.04. The van der Waals surface area contributed by atoms with Crippen LogP contribution in [-0.2, 0) is 4.74 Å². The highest BCUT2D eigenvalue weighted by Gasteiger charge is 2.26. The van der Waals surface area contributed by atoms with Gasteiger partial charge in [0.1, 0.15) is 0 Å². The van der Waals surface area contributed by atoms with Crippen LogP contribution < -0.4 is 16.0 Å². The van der Waals surface area contributed by atoms with E-state index in [2.05, 4.69) is 90.1 Å². The molecule has 0 aromatic carbocycles. The number of aliphatic hydroxyl groups is 1. The van der Waals surface area contributed by atoms with Gasteiger partial charge in [0, 0.05) is 32.8 Å². The van der Waals surface area contributed by atoms with Crippen LogP contribution in [0.15, 0.2) is 0 Å². The summed E-state index contributed by atoms with van der Waals surface area (Å²) in [5.74, 6) is 3.82. The van der Waals surface area contributed by atoms with Gasteiger partial charge in [0.25, 0.3) is 0 Å². The monoisotopic (exact) mass is 559 g/mol. The molecule has 4 saturated heterocycles. The van der Waals surface area contributed by atoms with Crippen molar-refractivity contribution in [1.82, 2.24) is 20.9 Å². The molecule has 6 heteroatoms. The van der Waals surface area contributed by atoms with Crippen LogP contribution in [0.5, 0.6) is 0 Å². The van der Waals surface area contributed by atoms with Crippen LogP contribution in [0, 0.1) is 29.6 Å². The fraction of sp³-hybridized carbons (Fsp3) is 1.00. The van der Waals surface area contributed by atoms with Crippen molar-refractivity contribution in [3.05, 3.63) is 0 Å². The SMILES string of the molecule is C1CCNCC1.C1CN(C2COC2)CCN1.CC(C)C.CC(C)C.CC(C)C.CCC(CO)C1CCNCC1. The van der Waals surface area contributed by atoms with Gasteiger partial charge in [-0.2, -0.15) is 0 Å². The van der Waals surface area contributed by atoms with E-state index >= 15 is 0 Å². The second-order valence-corrected chi connectivity index (χ2v) is 13.4. The van der Waals surface area contributed by atoms with Gasteiger partial charge < -0.3 is 25.8 Å². The Balaban J connectivity index is 0. The Morgan fingerprint density at radius 3 is 1.36 bits per heavy atom. The number of nitrogens with one attached hydrogen (secondary N) is 3. The third-order valence-corrected chi connectivity index (χ3v) is 6.30. The first-order valence-electron chi connectivity index (χ1n) is 16.6. The van der Waals surface area contributed by atoms with Gasteiger partial charge in [-0.25, -0.2) is 0 Å². The molecule has 4 fully saturated rings. The summed E-state index contributed by atoms with van der Waals surface area (Å²) in [5, 5.41) is 19.0. The molecule has 0 aromatic rings. The van der Waals surface area contributed by atoms with E-state index in [0.717, 1.165) is 75.5 Å². The van der Waals surface area contributed by atoms with Crippen LogP contribution in [0.1, 0.15) is 108 Å². The molecule has 0 aromatic heterocycles. The summed E-state index contributed by atoms with van der Waals surface area (Å²) < 4.78 is 5.13. The zero-order chi connectivity index (χ0) is 29.9. The lowest BCUT2D eigenvalue weighted by Gasteiger charge is -2.39. The Labute approximate surface area is 246 Å². The third kappa shape index (κ3) is 30.5. The lowest BCUT2D eigenvalue weighted by Crippen LogP contribution is -2.55. The van der Waals surface area contributed by atoms with Gasteiger partial charge in [-0.15, -0.1) is 0 Å².